The monoisotopic (exact) mass is 281 g/mol. The number of carbonyl (C=O) groups is 1. The van der Waals surface area contributed by atoms with Crippen molar-refractivity contribution in [2.75, 3.05) is 6.54 Å². The van der Waals surface area contributed by atoms with Crippen molar-refractivity contribution in [2.45, 2.75) is 53.0 Å². The van der Waals surface area contributed by atoms with E-state index >= 15 is 0 Å². The number of hydrogen-bond donors (Lipinski definition) is 0. The Labute approximate surface area is 121 Å². The van der Waals surface area contributed by atoms with Crippen LogP contribution >= 0.6 is 11.6 Å². The summed E-state index contributed by atoms with van der Waals surface area (Å²) in [6, 6.07) is 5.86. The van der Waals surface area contributed by atoms with Gasteiger partial charge in [0.15, 0.2) is 0 Å². The molecule has 3 heteroatoms. The van der Waals surface area contributed by atoms with Gasteiger partial charge >= 0.3 is 0 Å². The highest BCUT2D eigenvalue weighted by atomic mass is 35.5. The van der Waals surface area contributed by atoms with E-state index in [1.165, 1.54) is 6.42 Å². The lowest BCUT2D eigenvalue weighted by Crippen LogP contribution is -2.42. The number of piperidine rings is 1. The second-order valence-electron chi connectivity index (χ2n) is 4.81. The molecule has 1 saturated heterocycles. The van der Waals surface area contributed by atoms with Crippen LogP contribution in [0.4, 0.5) is 0 Å². The maximum absolute atomic E-state index is 12.4. The quantitative estimate of drug-likeness (QED) is 0.731. The van der Waals surface area contributed by atoms with Crippen LogP contribution in [-0.4, -0.2) is 23.4 Å². The van der Waals surface area contributed by atoms with E-state index in [0.29, 0.717) is 11.1 Å². The average molecular weight is 282 g/mol. The molecule has 1 aromatic carbocycles. The zero-order chi connectivity index (χ0) is 14.4. The summed E-state index contributed by atoms with van der Waals surface area (Å²) >= 11 is 5.97. The smallest absolute Gasteiger partial charge is 0.254 e. The van der Waals surface area contributed by atoms with Crippen LogP contribution in [0.2, 0.25) is 5.02 Å². The molecule has 0 bridgehead atoms. The highest BCUT2D eigenvalue weighted by molar-refractivity contribution is 6.31. The highest BCUT2D eigenvalue weighted by Gasteiger charge is 2.24. The number of hydrogen-bond acceptors (Lipinski definition) is 1. The second-order valence-corrected chi connectivity index (χ2v) is 5.21. The molecule has 1 fully saturated rings. The number of carbonyl (C=O) groups excluding carboxylic acids is 1. The minimum atomic E-state index is 0.136. The van der Waals surface area contributed by atoms with Crippen LogP contribution in [-0.2, 0) is 0 Å². The van der Waals surface area contributed by atoms with Crippen molar-refractivity contribution >= 4 is 17.5 Å². The SMILES string of the molecule is CC.Cc1cc(C(=O)N2CCCC[C@@H]2C)ccc1Cl. The fourth-order valence-electron chi connectivity index (χ4n) is 2.34. The van der Waals surface area contributed by atoms with Crippen molar-refractivity contribution in [3.05, 3.63) is 34.3 Å². The van der Waals surface area contributed by atoms with E-state index < -0.39 is 0 Å². The summed E-state index contributed by atoms with van der Waals surface area (Å²) < 4.78 is 0. The maximum atomic E-state index is 12.4. The zero-order valence-corrected chi connectivity index (χ0v) is 13.1. The molecule has 0 aliphatic carbocycles. The van der Waals surface area contributed by atoms with Gasteiger partial charge in [-0.05, 0) is 56.9 Å². The Balaban J connectivity index is 0.000000861. The van der Waals surface area contributed by atoms with Gasteiger partial charge in [-0.1, -0.05) is 25.4 Å². The van der Waals surface area contributed by atoms with Gasteiger partial charge in [-0.15, -0.1) is 0 Å². The number of amides is 1. The van der Waals surface area contributed by atoms with Gasteiger partial charge < -0.3 is 4.90 Å². The van der Waals surface area contributed by atoms with Gasteiger partial charge in [-0.3, -0.25) is 4.79 Å². The Morgan fingerprint density at radius 2 is 2.00 bits per heavy atom. The predicted octanol–water partition coefficient (Wildman–Crippen LogP) is 4.69. The van der Waals surface area contributed by atoms with E-state index in [9.17, 15) is 4.79 Å². The third-order valence-electron chi connectivity index (χ3n) is 3.47. The molecule has 106 valence electrons. The molecule has 1 aromatic rings. The molecule has 1 amide bonds. The molecule has 0 saturated carbocycles. The minimum Gasteiger partial charge on any atom is -0.336 e. The van der Waals surface area contributed by atoms with E-state index in [4.69, 9.17) is 11.6 Å². The van der Waals surface area contributed by atoms with Crippen molar-refractivity contribution in [3.63, 3.8) is 0 Å². The van der Waals surface area contributed by atoms with Crippen molar-refractivity contribution in [2.24, 2.45) is 0 Å². The molecular weight excluding hydrogens is 258 g/mol. The lowest BCUT2D eigenvalue weighted by molar-refractivity contribution is 0.0635. The van der Waals surface area contributed by atoms with Crippen LogP contribution in [0.15, 0.2) is 18.2 Å². The molecule has 0 aromatic heterocycles. The van der Waals surface area contributed by atoms with Crippen molar-refractivity contribution in [1.82, 2.24) is 4.90 Å². The number of halogens is 1. The molecule has 19 heavy (non-hydrogen) atoms. The number of aryl methyl sites for hydroxylation is 1. The van der Waals surface area contributed by atoms with Crippen LogP contribution in [0.1, 0.15) is 56.0 Å². The number of nitrogens with zero attached hydrogens (tertiary/aromatic N) is 1. The molecule has 0 N–H and O–H groups in total. The molecular formula is C16H24ClNO. The van der Waals surface area contributed by atoms with Gasteiger partial charge in [0.2, 0.25) is 0 Å². The normalized spacial score (nSPS) is 18.6. The number of rotatable bonds is 1. The van der Waals surface area contributed by atoms with Gasteiger partial charge in [-0.25, -0.2) is 0 Å². The molecule has 0 spiro atoms. The average Bonchev–Trinajstić information content (AvgIpc) is 2.44. The fourth-order valence-corrected chi connectivity index (χ4v) is 2.46. The summed E-state index contributed by atoms with van der Waals surface area (Å²) in [5.41, 5.74) is 1.71. The first-order valence-electron chi connectivity index (χ1n) is 7.16. The number of benzene rings is 1. The third-order valence-corrected chi connectivity index (χ3v) is 3.89. The van der Waals surface area contributed by atoms with Crippen molar-refractivity contribution < 1.29 is 4.79 Å². The predicted molar refractivity (Wildman–Crippen MR) is 81.9 cm³/mol. The van der Waals surface area contributed by atoms with Crippen molar-refractivity contribution in [3.8, 4) is 0 Å². The van der Waals surface area contributed by atoms with Gasteiger partial charge in [0.05, 0.1) is 0 Å². The molecule has 2 rings (SSSR count). The van der Waals surface area contributed by atoms with E-state index in [0.717, 1.165) is 30.5 Å². The Morgan fingerprint density at radius 3 is 2.58 bits per heavy atom. The number of likely N-dealkylation sites (tertiary alicyclic amines) is 1. The van der Waals surface area contributed by atoms with Crippen LogP contribution in [0, 0.1) is 6.92 Å². The Kier molecular flexibility index (Phi) is 6.36. The van der Waals surface area contributed by atoms with Gasteiger partial charge in [0.1, 0.15) is 0 Å². The van der Waals surface area contributed by atoms with Gasteiger partial charge in [0.25, 0.3) is 5.91 Å². The highest BCUT2D eigenvalue weighted by Crippen LogP contribution is 2.21. The summed E-state index contributed by atoms with van der Waals surface area (Å²) in [5.74, 6) is 0.136. The van der Waals surface area contributed by atoms with Crippen LogP contribution < -0.4 is 0 Å². The van der Waals surface area contributed by atoms with Gasteiger partial charge in [-0.2, -0.15) is 0 Å². The Hall–Kier alpha value is -1.02. The zero-order valence-electron chi connectivity index (χ0n) is 12.4. The van der Waals surface area contributed by atoms with E-state index in [2.05, 4.69) is 6.92 Å². The summed E-state index contributed by atoms with van der Waals surface area (Å²) in [7, 11) is 0. The largest absolute Gasteiger partial charge is 0.336 e. The lowest BCUT2D eigenvalue weighted by atomic mass is 10.0. The first-order valence-corrected chi connectivity index (χ1v) is 7.54. The Bertz CT molecular complexity index is 431. The standard InChI is InChI=1S/C14H18ClNO.C2H6/c1-10-9-12(6-7-13(10)15)14(17)16-8-4-3-5-11(16)2;1-2/h6-7,9,11H,3-5,8H2,1-2H3;1-2H3/t11-;/m0./s1. The molecule has 0 unspecified atom stereocenters. The molecule has 2 nitrogen and oxygen atoms in total. The lowest BCUT2D eigenvalue weighted by Gasteiger charge is -2.33. The molecule has 0 radical (unpaired) electrons. The third kappa shape index (κ3) is 3.97. The van der Waals surface area contributed by atoms with E-state index in [1.807, 2.05) is 37.8 Å². The van der Waals surface area contributed by atoms with Gasteiger partial charge in [0, 0.05) is 23.2 Å². The molecule has 1 heterocycles. The summed E-state index contributed by atoms with van der Waals surface area (Å²) in [6.45, 7) is 8.93. The second kappa shape index (κ2) is 7.54. The molecule has 1 aliphatic rings. The maximum Gasteiger partial charge on any atom is 0.254 e. The first-order chi connectivity index (χ1) is 9.09. The fraction of sp³-hybridized carbons (Fsp3) is 0.562. The topological polar surface area (TPSA) is 20.3 Å². The Morgan fingerprint density at radius 1 is 1.32 bits per heavy atom. The first kappa shape index (κ1) is 16.0. The minimum absolute atomic E-state index is 0.136. The molecule has 1 aliphatic heterocycles. The van der Waals surface area contributed by atoms with Crippen LogP contribution in [0.5, 0.6) is 0 Å². The summed E-state index contributed by atoms with van der Waals surface area (Å²) in [4.78, 5) is 14.3. The van der Waals surface area contributed by atoms with E-state index in [1.54, 1.807) is 6.07 Å². The van der Waals surface area contributed by atoms with E-state index in [-0.39, 0.29) is 5.91 Å². The summed E-state index contributed by atoms with van der Waals surface area (Å²) in [5, 5.41) is 0.716. The molecule has 1 atom stereocenters. The van der Waals surface area contributed by atoms with Crippen LogP contribution in [0.25, 0.3) is 0 Å². The van der Waals surface area contributed by atoms with Crippen LogP contribution in [0.3, 0.4) is 0 Å². The summed E-state index contributed by atoms with van der Waals surface area (Å²) in [6.07, 6.45) is 3.45. The van der Waals surface area contributed by atoms with Crippen molar-refractivity contribution in [1.29, 1.82) is 0 Å².